The number of amides is 1. The van der Waals surface area contributed by atoms with Crippen LogP contribution in [-0.4, -0.2) is 30.9 Å². The van der Waals surface area contributed by atoms with E-state index in [0.717, 1.165) is 10.9 Å². The van der Waals surface area contributed by atoms with Gasteiger partial charge >= 0.3 is 0 Å². The van der Waals surface area contributed by atoms with Crippen LogP contribution in [0.3, 0.4) is 0 Å². The number of benzene rings is 2. The molecule has 0 unspecified atom stereocenters. The number of halogens is 1. The first kappa shape index (κ1) is 18.8. The third kappa shape index (κ3) is 4.96. The lowest BCUT2D eigenvalue weighted by molar-refractivity contribution is 0.0952. The molecule has 0 atom stereocenters. The van der Waals surface area contributed by atoms with E-state index in [2.05, 4.69) is 26.5 Å². The van der Waals surface area contributed by atoms with E-state index in [0.29, 0.717) is 23.7 Å². The number of hydrazone groups is 1. The summed E-state index contributed by atoms with van der Waals surface area (Å²) in [7, 11) is 1.56. The van der Waals surface area contributed by atoms with Gasteiger partial charge < -0.3 is 14.6 Å². The molecule has 0 aromatic heterocycles. The van der Waals surface area contributed by atoms with Crippen LogP contribution in [0, 0.1) is 0 Å². The van der Waals surface area contributed by atoms with Crippen LogP contribution < -0.4 is 14.9 Å². The summed E-state index contributed by atoms with van der Waals surface area (Å²) >= 11 is 3.45. The highest BCUT2D eigenvalue weighted by Gasteiger charge is 2.11. The van der Waals surface area contributed by atoms with E-state index in [9.17, 15) is 9.90 Å². The minimum absolute atomic E-state index is 0.1000. The highest BCUT2D eigenvalue weighted by molar-refractivity contribution is 9.10. The molecular formula is C18H19BrN2O4. The van der Waals surface area contributed by atoms with Gasteiger partial charge in [-0.2, -0.15) is 5.10 Å². The van der Waals surface area contributed by atoms with Crippen LogP contribution in [0.5, 0.6) is 17.2 Å². The number of para-hydroxylation sites is 1. The minimum atomic E-state index is -0.497. The van der Waals surface area contributed by atoms with E-state index < -0.39 is 5.91 Å². The van der Waals surface area contributed by atoms with Gasteiger partial charge in [0.1, 0.15) is 5.75 Å². The van der Waals surface area contributed by atoms with E-state index in [1.54, 1.807) is 25.3 Å². The van der Waals surface area contributed by atoms with Gasteiger partial charge in [0.25, 0.3) is 5.91 Å². The molecule has 1 amide bonds. The summed E-state index contributed by atoms with van der Waals surface area (Å²) in [6.45, 7) is 2.60. The van der Waals surface area contributed by atoms with Crippen molar-refractivity contribution in [1.29, 1.82) is 0 Å². The van der Waals surface area contributed by atoms with Crippen molar-refractivity contribution in [3.63, 3.8) is 0 Å². The number of carbonyl (C=O) groups is 1. The number of hydrogen-bond acceptors (Lipinski definition) is 5. The predicted octanol–water partition coefficient (Wildman–Crippen LogP) is 3.72. The Kier molecular flexibility index (Phi) is 6.82. The topological polar surface area (TPSA) is 80.2 Å². The van der Waals surface area contributed by atoms with Gasteiger partial charge in [-0.1, -0.05) is 19.1 Å². The van der Waals surface area contributed by atoms with Gasteiger partial charge in [-0.15, -0.1) is 0 Å². The van der Waals surface area contributed by atoms with Crippen molar-refractivity contribution in [2.75, 3.05) is 13.7 Å². The second kappa shape index (κ2) is 9.08. The van der Waals surface area contributed by atoms with Crippen molar-refractivity contribution in [3.05, 3.63) is 52.0 Å². The van der Waals surface area contributed by atoms with Gasteiger partial charge in [-0.05, 0) is 52.2 Å². The highest BCUT2D eigenvalue weighted by Crippen LogP contribution is 2.36. The van der Waals surface area contributed by atoms with Crippen molar-refractivity contribution in [1.82, 2.24) is 5.43 Å². The molecule has 0 aliphatic rings. The zero-order valence-electron chi connectivity index (χ0n) is 14.0. The average molecular weight is 407 g/mol. The van der Waals surface area contributed by atoms with Crippen molar-refractivity contribution in [2.24, 2.45) is 5.10 Å². The second-order valence-electron chi connectivity index (χ2n) is 5.10. The third-order valence-electron chi connectivity index (χ3n) is 3.23. The summed E-state index contributed by atoms with van der Waals surface area (Å²) in [6.07, 6.45) is 2.37. The summed E-state index contributed by atoms with van der Waals surface area (Å²) in [5, 5.41) is 13.6. The molecule has 0 fully saturated rings. The van der Waals surface area contributed by atoms with Crippen LogP contribution >= 0.6 is 15.9 Å². The molecule has 7 heteroatoms. The SMILES string of the molecule is CCCOc1c(Br)cc(/C=N/NC(=O)c2ccccc2O)cc1OC. The number of aromatic hydroxyl groups is 1. The van der Waals surface area contributed by atoms with Crippen molar-refractivity contribution in [3.8, 4) is 17.2 Å². The first-order valence-electron chi connectivity index (χ1n) is 7.68. The summed E-state index contributed by atoms with van der Waals surface area (Å²) in [5.74, 6) is 0.594. The van der Waals surface area contributed by atoms with Crippen LogP contribution in [0.15, 0.2) is 46.0 Å². The number of methoxy groups -OCH3 is 1. The summed E-state index contributed by atoms with van der Waals surface area (Å²) in [4.78, 5) is 12.0. The average Bonchev–Trinajstić information content (AvgIpc) is 2.60. The fraction of sp³-hybridized carbons (Fsp3) is 0.222. The Morgan fingerprint density at radius 2 is 2.12 bits per heavy atom. The molecule has 0 spiro atoms. The lowest BCUT2D eigenvalue weighted by atomic mass is 10.2. The third-order valence-corrected chi connectivity index (χ3v) is 3.82. The number of carbonyl (C=O) groups excluding carboxylic acids is 1. The number of rotatable bonds is 7. The van der Waals surface area contributed by atoms with Gasteiger partial charge in [0, 0.05) is 0 Å². The lowest BCUT2D eigenvalue weighted by Gasteiger charge is -2.12. The monoisotopic (exact) mass is 406 g/mol. The van der Waals surface area contributed by atoms with Crippen molar-refractivity contribution in [2.45, 2.75) is 13.3 Å². The number of ether oxygens (including phenoxy) is 2. The molecule has 132 valence electrons. The number of nitrogens with zero attached hydrogens (tertiary/aromatic N) is 1. The fourth-order valence-electron chi connectivity index (χ4n) is 2.05. The van der Waals surface area contributed by atoms with E-state index >= 15 is 0 Å². The Hall–Kier alpha value is -2.54. The summed E-state index contributed by atoms with van der Waals surface area (Å²) in [5.41, 5.74) is 3.24. The van der Waals surface area contributed by atoms with Gasteiger partial charge in [0.2, 0.25) is 0 Å². The molecule has 0 bridgehead atoms. The zero-order chi connectivity index (χ0) is 18.2. The van der Waals surface area contributed by atoms with Crippen LogP contribution in [0.1, 0.15) is 29.3 Å². The van der Waals surface area contributed by atoms with E-state index in [1.807, 2.05) is 13.0 Å². The molecule has 2 N–H and O–H groups in total. The Morgan fingerprint density at radius 1 is 1.36 bits per heavy atom. The van der Waals surface area contributed by atoms with E-state index in [1.165, 1.54) is 18.3 Å². The Morgan fingerprint density at radius 3 is 2.80 bits per heavy atom. The van der Waals surface area contributed by atoms with Crippen LogP contribution in [0.2, 0.25) is 0 Å². The smallest absolute Gasteiger partial charge is 0.275 e. The molecule has 0 radical (unpaired) electrons. The molecule has 0 aliphatic heterocycles. The van der Waals surface area contributed by atoms with Crippen LogP contribution in [0.25, 0.3) is 0 Å². The lowest BCUT2D eigenvalue weighted by Crippen LogP contribution is -2.17. The number of nitrogens with one attached hydrogen (secondary N) is 1. The molecule has 0 saturated heterocycles. The van der Waals surface area contributed by atoms with Gasteiger partial charge in [0.15, 0.2) is 11.5 Å². The summed E-state index contributed by atoms with van der Waals surface area (Å²) in [6, 6.07) is 9.82. The van der Waals surface area contributed by atoms with Gasteiger partial charge in [-0.3, -0.25) is 4.79 Å². The quantitative estimate of drug-likeness (QED) is 0.542. The normalized spacial score (nSPS) is 10.7. The van der Waals surface area contributed by atoms with Crippen LogP contribution in [-0.2, 0) is 0 Å². The van der Waals surface area contributed by atoms with Crippen LogP contribution in [0.4, 0.5) is 0 Å². The molecule has 6 nitrogen and oxygen atoms in total. The molecule has 2 aromatic carbocycles. The number of phenolic OH excluding ortho intramolecular Hbond substituents is 1. The van der Waals surface area contributed by atoms with Crippen molar-refractivity contribution >= 4 is 28.1 Å². The van der Waals surface area contributed by atoms with Crippen molar-refractivity contribution < 1.29 is 19.4 Å². The molecule has 0 heterocycles. The predicted molar refractivity (Wildman–Crippen MR) is 99.6 cm³/mol. The molecule has 2 rings (SSSR count). The largest absolute Gasteiger partial charge is 0.507 e. The fourth-order valence-corrected chi connectivity index (χ4v) is 2.62. The Labute approximate surface area is 154 Å². The zero-order valence-corrected chi connectivity index (χ0v) is 15.5. The summed E-state index contributed by atoms with van der Waals surface area (Å²) < 4.78 is 11.7. The first-order chi connectivity index (χ1) is 12.1. The maximum absolute atomic E-state index is 12.0. The maximum Gasteiger partial charge on any atom is 0.275 e. The van der Waals surface area contributed by atoms with E-state index in [-0.39, 0.29) is 11.3 Å². The molecule has 25 heavy (non-hydrogen) atoms. The maximum atomic E-state index is 12.0. The van der Waals surface area contributed by atoms with Gasteiger partial charge in [-0.25, -0.2) is 5.43 Å². The van der Waals surface area contributed by atoms with E-state index in [4.69, 9.17) is 9.47 Å². The Balaban J connectivity index is 2.12. The number of hydrogen-bond donors (Lipinski definition) is 2. The Bertz CT molecular complexity index is 778. The van der Waals surface area contributed by atoms with Gasteiger partial charge in [0.05, 0.1) is 30.0 Å². The first-order valence-corrected chi connectivity index (χ1v) is 8.47. The standard InChI is InChI=1S/C18H19BrN2O4/c1-3-8-25-17-14(19)9-12(10-16(17)24-2)11-20-21-18(23)13-6-4-5-7-15(13)22/h4-7,9-11,22H,3,8H2,1-2H3,(H,21,23)/b20-11+. The highest BCUT2D eigenvalue weighted by atomic mass is 79.9. The molecule has 2 aromatic rings. The molecule has 0 aliphatic carbocycles. The molecule has 0 saturated carbocycles. The minimum Gasteiger partial charge on any atom is -0.507 e. The second-order valence-corrected chi connectivity index (χ2v) is 5.95. The molecular weight excluding hydrogens is 388 g/mol. The number of phenols is 1.